The molecule has 2 rings (SSSR count). The molecule has 0 aliphatic heterocycles. The summed E-state index contributed by atoms with van der Waals surface area (Å²) < 4.78 is 5.56. The summed E-state index contributed by atoms with van der Waals surface area (Å²) >= 11 is 4.49. The zero-order valence-corrected chi connectivity index (χ0v) is 15.7. The first-order chi connectivity index (χ1) is 12.0. The van der Waals surface area contributed by atoms with Gasteiger partial charge in [0, 0.05) is 23.1 Å². The summed E-state index contributed by atoms with van der Waals surface area (Å²) in [5, 5.41) is 9.57. The topological polar surface area (TPSA) is 96.5 Å². The van der Waals surface area contributed by atoms with Crippen molar-refractivity contribution in [1.82, 2.24) is 5.32 Å². The smallest absolute Gasteiger partial charge is 0.350 e. The van der Waals surface area contributed by atoms with Gasteiger partial charge in [0.1, 0.15) is 4.88 Å². The number of anilines is 2. The van der Waals surface area contributed by atoms with Crippen LogP contribution in [0.25, 0.3) is 0 Å². The highest BCUT2D eigenvalue weighted by atomic mass is 79.9. The van der Waals surface area contributed by atoms with E-state index in [0.29, 0.717) is 16.3 Å². The predicted molar refractivity (Wildman–Crippen MR) is 100 cm³/mol. The first-order valence-corrected chi connectivity index (χ1v) is 8.93. The van der Waals surface area contributed by atoms with Crippen LogP contribution in [0.15, 0.2) is 40.2 Å². The number of benzene rings is 1. The van der Waals surface area contributed by atoms with Crippen molar-refractivity contribution in [3.05, 3.63) is 45.1 Å². The van der Waals surface area contributed by atoms with Crippen molar-refractivity contribution < 1.29 is 19.1 Å². The zero-order valence-electron chi connectivity index (χ0n) is 13.3. The first-order valence-electron chi connectivity index (χ1n) is 7.25. The minimum atomic E-state index is -0.502. The van der Waals surface area contributed by atoms with E-state index in [1.165, 1.54) is 18.4 Å². The molecule has 1 aromatic heterocycles. The molecule has 7 nitrogen and oxygen atoms in total. The standard InChI is InChI=1S/C16H16BrN3O4S/c1-24-15(22)14-12(7-9-25-14)20-13(21)6-8-18-16(23)19-11-4-2-10(17)3-5-11/h2-5,7,9H,6,8H2,1H3,(H,20,21)(H2,18,19,23). The maximum atomic E-state index is 11.9. The van der Waals surface area contributed by atoms with E-state index in [9.17, 15) is 14.4 Å². The molecule has 0 aliphatic rings. The number of methoxy groups -OCH3 is 1. The number of nitrogens with one attached hydrogen (secondary N) is 3. The van der Waals surface area contributed by atoms with Crippen LogP contribution in [-0.2, 0) is 9.53 Å². The Morgan fingerprint density at radius 3 is 2.52 bits per heavy atom. The van der Waals surface area contributed by atoms with Gasteiger partial charge in [0.2, 0.25) is 5.91 Å². The van der Waals surface area contributed by atoms with Crippen LogP contribution in [0.5, 0.6) is 0 Å². The fourth-order valence-corrected chi connectivity index (χ4v) is 2.90. The number of halogens is 1. The molecule has 0 bridgehead atoms. The van der Waals surface area contributed by atoms with Gasteiger partial charge in [-0.1, -0.05) is 15.9 Å². The number of amides is 3. The molecule has 0 fully saturated rings. The van der Waals surface area contributed by atoms with Crippen molar-refractivity contribution in [2.24, 2.45) is 0 Å². The summed E-state index contributed by atoms with van der Waals surface area (Å²) in [5.74, 6) is -0.815. The third kappa shape index (κ3) is 5.87. The second-order valence-corrected chi connectivity index (χ2v) is 6.67. The third-order valence-corrected chi connectivity index (χ3v) is 4.47. The summed E-state index contributed by atoms with van der Waals surface area (Å²) in [4.78, 5) is 35.5. The summed E-state index contributed by atoms with van der Waals surface area (Å²) in [6.07, 6.45) is 0.0736. The molecule has 1 aromatic carbocycles. The lowest BCUT2D eigenvalue weighted by Gasteiger charge is -2.08. The number of rotatable bonds is 6. The number of hydrogen-bond donors (Lipinski definition) is 3. The number of hydrogen-bond acceptors (Lipinski definition) is 5. The molecule has 0 saturated carbocycles. The molecule has 0 radical (unpaired) electrons. The molecule has 3 N–H and O–H groups in total. The number of esters is 1. The highest BCUT2D eigenvalue weighted by molar-refractivity contribution is 9.10. The van der Waals surface area contributed by atoms with Gasteiger partial charge in [0.15, 0.2) is 0 Å². The Kier molecular flexibility index (Phi) is 6.96. The average molecular weight is 426 g/mol. The van der Waals surface area contributed by atoms with Crippen LogP contribution in [-0.4, -0.2) is 31.6 Å². The number of ether oxygens (including phenoxy) is 1. The molecular weight excluding hydrogens is 410 g/mol. The lowest BCUT2D eigenvalue weighted by Crippen LogP contribution is -2.31. The summed E-state index contributed by atoms with van der Waals surface area (Å²) in [5.41, 5.74) is 1.05. The monoisotopic (exact) mass is 425 g/mol. The molecule has 9 heteroatoms. The van der Waals surface area contributed by atoms with Crippen LogP contribution in [0.2, 0.25) is 0 Å². The Morgan fingerprint density at radius 1 is 1.12 bits per heavy atom. The van der Waals surface area contributed by atoms with Gasteiger partial charge in [0.05, 0.1) is 12.8 Å². The van der Waals surface area contributed by atoms with Crippen molar-refractivity contribution in [3.8, 4) is 0 Å². The predicted octanol–water partition coefficient (Wildman–Crippen LogP) is 3.45. The van der Waals surface area contributed by atoms with Crippen molar-refractivity contribution >= 4 is 56.5 Å². The van der Waals surface area contributed by atoms with E-state index < -0.39 is 12.0 Å². The second-order valence-electron chi connectivity index (χ2n) is 4.84. The molecule has 2 aromatic rings. The lowest BCUT2D eigenvalue weighted by atomic mass is 10.3. The van der Waals surface area contributed by atoms with Gasteiger partial charge in [0.25, 0.3) is 0 Å². The molecule has 0 atom stereocenters. The van der Waals surface area contributed by atoms with Crippen LogP contribution in [0.1, 0.15) is 16.1 Å². The summed E-state index contributed by atoms with van der Waals surface area (Å²) in [6.45, 7) is 0.159. The lowest BCUT2D eigenvalue weighted by molar-refractivity contribution is -0.116. The first kappa shape index (κ1) is 18.9. The van der Waals surface area contributed by atoms with E-state index in [1.54, 1.807) is 23.6 Å². The zero-order chi connectivity index (χ0) is 18.2. The van der Waals surface area contributed by atoms with E-state index in [2.05, 4.69) is 36.6 Å². The van der Waals surface area contributed by atoms with Crippen molar-refractivity contribution in [2.75, 3.05) is 24.3 Å². The van der Waals surface area contributed by atoms with Crippen LogP contribution >= 0.6 is 27.3 Å². The van der Waals surface area contributed by atoms with E-state index in [-0.39, 0.29) is 18.9 Å². The Labute approximate surface area is 156 Å². The average Bonchev–Trinajstić information content (AvgIpc) is 3.04. The van der Waals surface area contributed by atoms with Gasteiger partial charge in [-0.25, -0.2) is 9.59 Å². The van der Waals surface area contributed by atoms with Crippen molar-refractivity contribution in [3.63, 3.8) is 0 Å². The molecule has 0 aliphatic carbocycles. The quantitative estimate of drug-likeness (QED) is 0.617. The van der Waals surface area contributed by atoms with Gasteiger partial charge in [-0.3, -0.25) is 4.79 Å². The van der Waals surface area contributed by atoms with Crippen LogP contribution in [0.4, 0.5) is 16.2 Å². The Hall–Kier alpha value is -2.39. The molecule has 3 amide bonds. The Morgan fingerprint density at radius 2 is 1.84 bits per heavy atom. The third-order valence-electron chi connectivity index (χ3n) is 3.05. The summed E-state index contributed by atoms with van der Waals surface area (Å²) in [6, 6.07) is 8.34. The highest BCUT2D eigenvalue weighted by Crippen LogP contribution is 2.23. The Bertz CT molecular complexity index is 761. The molecule has 25 heavy (non-hydrogen) atoms. The van der Waals surface area contributed by atoms with E-state index >= 15 is 0 Å². The van der Waals surface area contributed by atoms with E-state index in [4.69, 9.17) is 0 Å². The van der Waals surface area contributed by atoms with Crippen LogP contribution in [0.3, 0.4) is 0 Å². The van der Waals surface area contributed by atoms with E-state index in [0.717, 1.165) is 4.47 Å². The largest absolute Gasteiger partial charge is 0.465 e. The van der Waals surface area contributed by atoms with Crippen LogP contribution < -0.4 is 16.0 Å². The van der Waals surface area contributed by atoms with Crippen molar-refractivity contribution in [2.45, 2.75) is 6.42 Å². The Balaban J connectivity index is 1.75. The SMILES string of the molecule is COC(=O)c1sccc1NC(=O)CCNC(=O)Nc1ccc(Br)cc1. The molecule has 0 unspecified atom stereocenters. The van der Waals surface area contributed by atoms with E-state index in [1.807, 2.05) is 12.1 Å². The molecule has 132 valence electrons. The minimum Gasteiger partial charge on any atom is -0.465 e. The molecular formula is C16H16BrN3O4S. The maximum Gasteiger partial charge on any atom is 0.350 e. The van der Waals surface area contributed by atoms with Crippen LogP contribution in [0, 0.1) is 0 Å². The number of urea groups is 1. The molecule has 0 spiro atoms. The fraction of sp³-hybridized carbons (Fsp3) is 0.188. The van der Waals surface area contributed by atoms with Gasteiger partial charge in [-0.2, -0.15) is 0 Å². The maximum absolute atomic E-state index is 11.9. The van der Waals surface area contributed by atoms with Gasteiger partial charge in [-0.05, 0) is 35.7 Å². The van der Waals surface area contributed by atoms with Gasteiger partial charge < -0.3 is 20.7 Å². The van der Waals surface area contributed by atoms with Gasteiger partial charge in [-0.15, -0.1) is 11.3 Å². The van der Waals surface area contributed by atoms with Crippen molar-refractivity contribution in [1.29, 1.82) is 0 Å². The fourth-order valence-electron chi connectivity index (χ4n) is 1.87. The highest BCUT2D eigenvalue weighted by Gasteiger charge is 2.15. The molecule has 1 heterocycles. The normalized spacial score (nSPS) is 10.0. The van der Waals surface area contributed by atoms with Gasteiger partial charge >= 0.3 is 12.0 Å². The second kappa shape index (κ2) is 9.19. The minimum absolute atomic E-state index is 0.0736. The number of carbonyl (C=O) groups is 3. The molecule has 0 saturated heterocycles. The number of carbonyl (C=O) groups excluding carboxylic acids is 3. The summed E-state index contributed by atoms with van der Waals surface area (Å²) in [7, 11) is 1.28. The number of thiophene rings is 1.